The van der Waals surface area contributed by atoms with Gasteiger partial charge in [-0.1, -0.05) is 5.10 Å². The first-order valence-electron chi connectivity index (χ1n) is 5.73. The second-order valence-electron chi connectivity index (χ2n) is 5.05. The number of nitrogens with zero attached hydrogens (tertiary/aromatic N) is 2. The van der Waals surface area contributed by atoms with Crippen molar-refractivity contribution in [3.63, 3.8) is 0 Å². The number of likely N-dealkylation sites (tertiary alicyclic amines) is 1. The van der Waals surface area contributed by atoms with Crippen molar-refractivity contribution in [3.05, 3.63) is 16.5 Å². The van der Waals surface area contributed by atoms with Gasteiger partial charge in [0, 0.05) is 18.5 Å². The van der Waals surface area contributed by atoms with E-state index in [1.165, 1.54) is 25.1 Å². The van der Waals surface area contributed by atoms with Gasteiger partial charge in [0.05, 0.1) is 6.21 Å². The Labute approximate surface area is 89.8 Å². The molecule has 0 aromatic carbocycles. The molecule has 3 rings (SSSR count). The average Bonchev–Trinajstić information content (AvgIpc) is 2.57. The van der Waals surface area contributed by atoms with Gasteiger partial charge in [-0.25, -0.2) is 5.17 Å². The van der Waals surface area contributed by atoms with E-state index in [4.69, 9.17) is 0 Å². The summed E-state index contributed by atoms with van der Waals surface area (Å²) in [6.45, 7) is 2.36. The Bertz CT molecular complexity index is 337. The summed E-state index contributed by atoms with van der Waals surface area (Å²) < 4.78 is 0. The van der Waals surface area contributed by atoms with Gasteiger partial charge in [0.15, 0.2) is 0 Å². The highest BCUT2D eigenvalue weighted by molar-refractivity contribution is 5.80. The van der Waals surface area contributed by atoms with Crippen LogP contribution in [0.5, 0.6) is 0 Å². The van der Waals surface area contributed by atoms with Crippen LogP contribution >= 0.6 is 0 Å². The number of hydroxylamine groups is 1. The lowest BCUT2D eigenvalue weighted by Gasteiger charge is -2.39. The Kier molecular flexibility index (Phi) is 2.16. The molecule has 4 nitrogen and oxygen atoms in total. The van der Waals surface area contributed by atoms with Crippen molar-refractivity contribution in [1.29, 1.82) is 0 Å². The zero-order valence-corrected chi connectivity index (χ0v) is 9.07. The summed E-state index contributed by atoms with van der Waals surface area (Å²) in [5, 5.41) is 15.4. The van der Waals surface area contributed by atoms with Gasteiger partial charge in [0.25, 0.3) is 0 Å². The van der Waals surface area contributed by atoms with Crippen LogP contribution < -0.4 is 5.17 Å². The Hall–Kier alpha value is -0.710. The monoisotopic (exact) mass is 207 g/mol. The van der Waals surface area contributed by atoms with Gasteiger partial charge in [-0.3, -0.25) is 0 Å². The van der Waals surface area contributed by atoms with E-state index < -0.39 is 0 Å². The van der Waals surface area contributed by atoms with Gasteiger partial charge in [0.2, 0.25) is 0 Å². The van der Waals surface area contributed by atoms with Gasteiger partial charge < -0.3 is 10.1 Å². The topological polar surface area (TPSA) is 43.1 Å². The highest BCUT2D eigenvalue weighted by Gasteiger charge is 2.37. The van der Waals surface area contributed by atoms with Crippen LogP contribution in [-0.4, -0.2) is 31.3 Å². The Balaban J connectivity index is 1.82. The molecule has 82 valence electrons. The molecule has 0 aromatic rings. The minimum Gasteiger partial charge on any atom is -0.601 e. The van der Waals surface area contributed by atoms with E-state index in [0.717, 1.165) is 30.4 Å². The number of fused-ring (bicyclic) bond motifs is 1. The predicted octanol–water partition coefficient (Wildman–Crippen LogP) is -0.0157. The Morgan fingerprint density at radius 1 is 1.47 bits per heavy atom. The van der Waals surface area contributed by atoms with Crippen LogP contribution in [0.4, 0.5) is 0 Å². The summed E-state index contributed by atoms with van der Waals surface area (Å²) in [7, 11) is 2.19. The van der Waals surface area contributed by atoms with Gasteiger partial charge in [-0.05, 0) is 38.3 Å². The quantitative estimate of drug-likeness (QED) is 0.567. The number of hydrogen-bond acceptors (Lipinski definition) is 3. The largest absolute Gasteiger partial charge is 0.601 e. The molecule has 0 radical (unpaired) electrons. The van der Waals surface area contributed by atoms with E-state index >= 15 is 0 Å². The first-order valence-corrected chi connectivity index (χ1v) is 5.73. The second-order valence-corrected chi connectivity index (χ2v) is 5.05. The standard InChI is InChI=1S/C11H17N3O/c1-13-3-2-8-5-11-9(4-10(8)7-13)6-12-14(11)15/h6,8,10,14H,2-5,7H2,1H3. The average molecular weight is 207 g/mol. The summed E-state index contributed by atoms with van der Waals surface area (Å²) >= 11 is 0. The molecule has 2 heterocycles. The lowest BCUT2D eigenvalue weighted by Crippen LogP contribution is -2.99. The fraction of sp³-hybridized carbons (Fsp3) is 0.727. The van der Waals surface area contributed by atoms with Crippen LogP contribution in [0.1, 0.15) is 19.3 Å². The normalized spacial score (nSPS) is 40.5. The fourth-order valence-corrected chi connectivity index (χ4v) is 3.13. The maximum absolute atomic E-state index is 11.5. The maximum atomic E-state index is 11.5. The van der Waals surface area contributed by atoms with E-state index in [-0.39, 0.29) is 5.17 Å². The Morgan fingerprint density at radius 3 is 3.20 bits per heavy atom. The lowest BCUT2D eigenvalue weighted by molar-refractivity contribution is -0.812. The predicted molar refractivity (Wildman–Crippen MR) is 58.2 cm³/mol. The van der Waals surface area contributed by atoms with Crippen LogP contribution in [0.3, 0.4) is 0 Å². The molecule has 3 aliphatic rings. The molecule has 0 amide bonds. The SMILES string of the molecule is CN1CCC2CC3=C(C=N[NH+]3[O-])CC2C1. The number of hydrogen-bond donors (Lipinski definition) is 1. The molecule has 2 aliphatic heterocycles. The first-order chi connectivity index (χ1) is 7.24. The molecule has 3 unspecified atom stereocenters. The summed E-state index contributed by atoms with van der Waals surface area (Å²) in [6.07, 6.45) is 5.08. The third kappa shape index (κ3) is 1.53. The molecule has 0 saturated carbocycles. The minimum atomic E-state index is 0.0300. The minimum absolute atomic E-state index is 0.0300. The fourth-order valence-electron chi connectivity index (χ4n) is 3.13. The lowest BCUT2D eigenvalue weighted by atomic mass is 9.74. The number of piperidine rings is 1. The second kappa shape index (κ2) is 3.40. The molecule has 1 N–H and O–H groups in total. The molecule has 1 aliphatic carbocycles. The van der Waals surface area contributed by atoms with Crippen LogP contribution in [0.25, 0.3) is 0 Å². The van der Waals surface area contributed by atoms with Crippen LogP contribution in [0, 0.1) is 17.0 Å². The molecule has 15 heavy (non-hydrogen) atoms. The summed E-state index contributed by atoms with van der Waals surface area (Å²) in [6, 6.07) is 0. The molecule has 0 spiro atoms. The van der Waals surface area contributed by atoms with Crippen molar-refractivity contribution in [2.45, 2.75) is 19.3 Å². The maximum Gasteiger partial charge on any atom is 0.139 e. The zero-order chi connectivity index (χ0) is 10.4. The highest BCUT2D eigenvalue weighted by Crippen LogP contribution is 2.37. The first kappa shape index (κ1) is 9.51. The van der Waals surface area contributed by atoms with Gasteiger partial charge >= 0.3 is 0 Å². The van der Waals surface area contributed by atoms with Gasteiger partial charge in [-0.15, -0.1) is 0 Å². The third-order valence-electron chi connectivity index (χ3n) is 4.03. The molecule has 3 atom stereocenters. The smallest absolute Gasteiger partial charge is 0.139 e. The summed E-state index contributed by atoms with van der Waals surface area (Å²) in [5.41, 5.74) is 2.23. The van der Waals surface area contributed by atoms with Crippen molar-refractivity contribution in [2.75, 3.05) is 20.1 Å². The third-order valence-corrected chi connectivity index (χ3v) is 4.03. The van der Waals surface area contributed by atoms with Crippen molar-refractivity contribution in [3.8, 4) is 0 Å². The van der Waals surface area contributed by atoms with E-state index in [0.29, 0.717) is 0 Å². The summed E-state index contributed by atoms with van der Waals surface area (Å²) in [4.78, 5) is 2.40. The van der Waals surface area contributed by atoms with Gasteiger partial charge in [-0.2, -0.15) is 0 Å². The van der Waals surface area contributed by atoms with Crippen molar-refractivity contribution in [2.24, 2.45) is 16.9 Å². The molecule has 0 aromatic heterocycles. The molecular formula is C11H17N3O. The van der Waals surface area contributed by atoms with Crippen LogP contribution in [0.15, 0.2) is 16.4 Å². The highest BCUT2D eigenvalue weighted by atomic mass is 16.5. The van der Waals surface area contributed by atoms with Crippen molar-refractivity contribution >= 4 is 6.21 Å². The molecule has 1 saturated heterocycles. The molecule has 4 heteroatoms. The number of nitrogens with one attached hydrogen (secondary N) is 1. The number of rotatable bonds is 0. The van der Waals surface area contributed by atoms with E-state index in [2.05, 4.69) is 17.0 Å². The van der Waals surface area contributed by atoms with E-state index in [9.17, 15) is 5.21 Å². The number of quaternary nitrogens is 1. The van der Waals surface area contributed by atoms with Crippen molar-refractivity contribution in [1.82, 2.24) is 4.90 Å². The molecule has 0 bridgehead atoms. The summed E-state index contributed by atoms with van der Waals surface area (Å²) in [5.74, 6) is 1.48. The molecular weight excluding hydrogens is 190 g/mol. The Morgan fingerprint density at radius 2 is 2.33 bits per heavy atom. The van der Waals surface area contributed by atoms with Crippen LogP contribution in [-0.2, 0) is 0 Å². The number of allylic oxidation sites excluding steroid dienone is 2. The van der Waals surface area contributed by atoms with Crippen molar-refractivity contribution < 1.29 is 5.17 Å². The van der Waals surface area contributed by atoms with E-state index in [1.54, 1.807) is 6.21 Å². The van der Waals surface area contributed by atoms with Crippen LogP contribution in [0.2, 0.25) is 0 Å². The molecule has 1 fully saturated rings. The zero-order valence-electron chi connectivity index (χ0n) is 9.07. The van der Waals surface area contributed by atoms with E-state index in [1.807, 2.05) is 0 Å². The van der Waals surface area contributed by atoms with Gasteiger partial charge in [0.1, 0.15) is 5.70 Å².